The SMILES string of the molecule is Cc1cc(N(C)C)nc(Nc2ccc(NC(=O)c3ccccc3[N+](=O)[O-])cc2)n1. The van der Waals surface area contributed by atoms with E-state index in [1.165, 1.54) is 18.2 Å². The number of carbonyl (C=O) groups is 1. The molecule has 3 aromatic rings. The number of amides is 1. The van der Waals surface area contributed by atoms with Crippen molar-refractivity contribution in [1.82, 2.24) is 9.97 Å². The molecule has 0 aliphatic rings. The number of nitrogens with zero attached hydrogens (tertiary/aromatic N) is 4. The number of hydrogen-bond donors (Lipinski definition) is 2. The quantitative estimate of drug-likeness (QED) is 0.485. The molecule has 0 atom stereocenters. The fourth-order valence-corrected chi connectivity index (χ4v) is 2.63. The van der Waals surface area contributed by atoms with Gasteiger partial charge in [-0.15, -0.1) is 0 Å². The maximum atomic E-state index is 12.4. The van der Waals surface area contributed by atoms with Crippen LogP contribution in [0.5, 0.6) is 0 Å². The lowest BCUT2D eigenvalue weighted by atomic mass is 10.1. The van der Waals surface area contributed by atoms with Gasteiger partial charge in [-0.05, 0) is 37.3 Å². The van der Waals surface area contributed by atoms with Gasteiger partial charge in [-0.3, -0.25) is 14.9 Å². The fourth-order valence-electron chi connectivity index (χ4n) is 2.63. The van der Waals surface area contributed by atoms with Crippen molar-refractivity contribution in [3.8, 4) is 0 Å². The van der Waals surface area contributed by atoms with Crippen LogP contribution >= 0.6 is 0 Å². The molecule has 0 bridgehead atoms. The number of anilines is 4. The minimum Gasteiger partial charge on any atom is -0.363 e. The average Bonchev–Trinajstić information content (AvgIpc) is 2.69. The molecule has 1 amide bonds. The van der Waals surface area contributed by atoms with Crippen molar-refractivity contribution in [1.29, 1.82) is 0 Å². The summed E-state index contributed by atoms with van der Waals surface area (Å²) in [6.45, 7) is 1.89. The smallest absolute Gasteiger partial charge is 0.282 e. The molecule has 0 aliphatic carbocycles. The van der Waals surface area contributed by atoms with E-state index in [1.807, 2.05) is 32.0 Å². The second kappa shape index (κ2) is 8.34. The molecule has 0 spiro atoms. The van der Waals surface area contributed by atoms with Gasteiger partial charge in [0.25, 0.3) is 11.6 Å². The largest absolute Gasteiger partial charge is 0.363 e. The highest BCUT2D eigenvalue weighted by atomic mass is 16.6. The van der Waals surface area contributed by atoms with Crippen molar-refractivity contribution in [2.24, 2.45) is 0 Å². The molecule has 1 heterocycles. The Morgan fingerprint density at radius 1 is 1.03 bits per heavy atom. The summed E-state index contributed by atoms with van der Waals surface area (Å²) >= 11 is 0. The standard InChI is InChI=1S/C20H20N6O3/c1-13-12-18(25(2)3)24-20(21-13)23-15-10-8-14(9-11-15)22-19(27)16-6-4-5-7-17(16)26(28)29/h4-12H,1-3H3,(H,22,27)(H,21,23,24). The zero-order valence-electron chi connectivity index (χ0n) is 16.2. The minimum absolute atomic E-state index is 0.00378. The van der Waals surface area contributed by atoms with Crippen LogP contribution in [-0.2, 0) is 0 Å². The van der Waals surface area contributed by atoms with E-state index in [-0.39, 0.29) is 11.3 Å². The summed E-state index contributed by atoms with van der Waals surface area (Å²) in [6.07, 6.45) is 0. The molecule has 29 heavy (non-hydrogen) atoms. The first-order chi connectivity index (χ1) is 13.8. The van der Waals surface area contributed by atoms with Gasteiger partial charge in [0.05, 0.1) is 4.92 Å². The Morgan fingerprint density at radius 2 is 1.69 bits per heavy atom. The number of para-hydroxylation sites is 1. The van der Waals surface area contributed by atoms with Gasteiger partial charge in [0.1, 0.15) is 11.4 Å². The van der Waals surface area contributed by atoms with Crippen molar-refractivity contribution in [3.63, 3.8) is 0 Å². The summed E-state index contributed by atoms with van der Waals surface area (Å²) in [7, 11) is 3.81. The number of nitro benzene ring substituents is 1. The van der Waals surface area contributed by atoms with Gasteiger partial charge in [0.15, 0.2) is 0 Å². The predicted octanol–water partition coefficient (Wildman–Crippen LogP) is 3.76. The van der Waals surface area contributed by atoms with Crippen LogP contribution in [0.25, 0.3) is 0 Å². The summed E-state index contributed by atoms with van der Waals surface area (Å²) in [5, 5.41) is 16.9. The molecule has 9 heteroatoms. The summed E-state index contributed by atoms with van der Waals surface area (Å²) in [6, 6.07) is 14.6. The number of rotatable bonds is 6. The van der Waals surface area contributed by atoms with Crippen molar-refractivity contribution in [2.75, 3.05) is 29.6 Å². The molecule has 0 saturated heterocycles. The highest BCUT2D eigenvalue weighted by molar-refractivity contribution is 6.07. The van der Waals surface area contributed by atoms with Gasteiger partial charge in [-0.1, -0.05) is 12.1 Å². The third-order valence-electron chi connectivity index (χ3n) is 4.04. The second-order valence-corrected chi connectivity index (χ2v) is 6.52. The van der Waals surface area contributed by atoms with E-state index in [0.29, 0.717) is 11.6 Å². The van der Waals surface area contributed by atoms with Crippen molar-refractivity contribution in [2.45, 2.75) is 6.92 Å². The van der Waals surface area contributed by atoms with Crippen LogP contribution in [0.2, 0.25) is 0 Å². The Kier molecular flexibility index (Phi) is 5.68. The number of aromatic nitrogens is 2. The van der Waals surface area contributed by atoms with E-state index in [4.69, 9.17) is 0 Å². The minimum atomic E-state index is -0.578. The Labute approximate surface area is 167 Å². The van der Waals surface area contributed by atoms with E-state index >= 15 is 0 Å². The van der Waals surface area contributed by atoms with Crippen LogP contribution in [0.3, 0.4) is 0 Å². The lowest BCUT2D eigenvalue weighted by Gasteiger charge is -2.14. The van der Waals surface area contributed by atoms with E-state index in [0.717, 1.165) is 17.2 Å². The van der Waals surface area contributed by atoms with E-state index in [9.17, 15) is 14.9 Å². The zero-order chi connectivity index (χ0) is 21.0. The van der Waals surface area contributed by atoms with Gasteiger partial charge in [0, 0.05) is 43.3 Å². The molecule has 0 unspecified atom stereocenters. The number of benzene rings is 2. The van der Waals surface area contributed by atoms with Crippen LogP contribution in [0, 0.1) is 17.0 Å². The maximum absolute atomic E-state index is 12.4. The monoisotopic (exact) mass is 392 g/mol. The summed E-state index contributed by atoms with van der Waals surface area (Å²) in [5.74, 6) is 0.703. The van der Waals surface area contributed by atoms with Gasteiger partial charge < -0.3 is 15.5 Å². The van der Waals surface area contributed by atoms with Gasteiger partial charge in [-0.2, -0.15) is 4.98 Å². The molecule has 0 radical (unpaired) electrons. The van der Waals surface area contributed by atoms with Crippen LogP contribution in [0.15, 0.2) is 54.6 Å². The summed E-state index contributed by atoms with van der Waals surface area (Å²) in [4.78, 5) is 33.6. The molecular weight excluding hydrogens is 372 g/mol. The average molecular weight is 392 g/mol. The lowest BCUT2D eigenvalue weighted by molar-refractivity contribution is -0.385. The first kappa shape index (κ1) is 19.7. The third kappa shape index (κ3) is 4.83. The lowest BCUT2D eigenvalue weighted by Crippen LogP contribution is -2.14. The highest BCUT2D eigenvalue weighted by Crippen LogP contribution is 2.22. The topological polar surface area (TPSA) is 113 Å². The van der Waals surface area contributed by atoms with E-state index in [1.54, 1.807) is 30.3 Å². The number of aryl methyl sites for hydroxylation is 1. The molecule has 148 valence electrons. The van der Waals surface area contributed by atoms with Crippen LogP contribution in [0.1, 0.15) is 16.1 Å². The van der Waals surface area contributed by atoms with Gasteiger partial charge >= 0.3 is 0 Å². The number of carbonyl (C=O) groups excluding carboxylic acids is 1. The molecular formula is C20H20N6O3. The maximum Gasteiger partial charge on any atom is 0.282 e. The van der Waals surface area contributed by atoms with E-state index < -0.39 is 10.8 Å². The number of hydrogen-bond acceptors (Lipinski definition) is 7. The summed E-state index contributed by atoms with van der Waals surface area (Å²) in [5.41, 5.74) is 1.85. The molecule has 0 saturated carbocycles. The van der Waals surface area contributed by atoms with Crippen molar-refractivity contribution < 1.29 is 9.72 Å². The van der Waals surface area contributed by atoms with Gasteiger partial charge in [0.2, 0.25) is 5.95 Å². The highest BCUT2D eigenvalue weighted by Gasteiger charge is 2.19. The zero-order valence-corrected chi connectivity index (χ0v) is 16.2. The Morgan fingerprint density at radius 3 is 2.34 bits per heavy atom. The molecule has 3 rings (SSSR count). The second-order valence-electron chi connectivity index (χ2n) is 6.52. The first-order valence-electron chi connectivity index (χ1n) is 8.78. The van der Waals surface area contributed by atoms with Gasteiger partial charge in [-0.25, -0.2) is 4.98 Å². The van der Waals surface area contributed by atoms with Crippen LogP contribution < -0.4 is 15.5 Å². The molecule has 2 aromatic carbocycles. The number of nitrogens with one attached hydrogen (secondary N) is 2. The van der Waals surface area contributed by atoms with Crippen LogP contribution in [0.4, 0.5) is 28.8 Å². The summed E-state index contributed by atoms with van der Waals surface area (Å²) < 4.78 is 0. The fraction of sp³-hybridized carbons (Fsp3) is 0.150. The molecule has 0 fully saturated rings. The molecule has 9 nitrogen and oxygen atoms in total. The Bertz CT molecular complexity index is 1050. The molecule has 2 N–H and O–H groups in total. The molecule has 1 aromatic heterocycles. The predicted molar refractivity (Wildman–Crippen MR) is 112 cm³/mol. The van der Waals surface area contributed by atoms with Crippen molar-refractivity contribution in [3.05, 3.63) is 76.0 Å². The normalized spacial score (nSPS) is 10.3. The van der Waals surface area contributed by atoms with E-state index in [2.05, 4.69) is 20.6 Å². The van der Waals surface area contributed by atoms with Crippen LogP contribution in [-0.4, -0.2) is 34.9 Å². The molecule has 0 aliphatic heterocycles. The Hall–Kier alpha value is -4.01. The Balaban J connectivity index is 1.73. The first-order valence-corrected chi connectivity index (χ1v) is 8.78. The number of nitro groups is 1. The third-order valence-corrected chi connectivity index (χ3v) is 4.04. The van der Waals surface area contributed by atoms with Crippen molar-refractivity contribution >= 4 is 34.7 Å².